The Morgan fingerprint density at radius 1 is 1.38 bits per heavy atom. The van der Waals surface area contributed by atoms with Crippen molar-refractivity contribution in [3.8, 4) is 5.75 Å². The lowest BCUT2D eigenvalue weighted by Crippen LogP contribution is -2.38. The second-order valence-corrected chi connectivity index (χ2v) is 5.19. The molecule has 0 saturated heterocycles. The first kappa shape index (κ1) is 17.8. The number of carbonyl (C=O) groups is 1. The van der Waals surface area contributed by atoms with Gasteiger partial charge >= 0.3 is 6.18 Å². The molecule has 2 heterocycles. The first-order valence-corrected chi connectivity index (χ1v) is 6.88. The number of nitrogens with one attached hydrogen (secondary N) is 1. The van der Waals surface area contributed by atoms with Crippen molar-refractivity contribution < 1.29 is 32.2 Å². The molecule has 1 atom stereocenters. The molecule has 2 N–H and O–H groups in total. The Morgan fingerprint density at radius 2 is 2.12 bits per heavy atom. The van der Waals surface area contributed by atoms with Crippen LogP contribution in [0.4, 0.5) is 13.2 Å². The SMILES string of the molecule is CC(O)(CNC(=O)c1ncccc1OCC(F)(F)F)c1ccco1. The van der Waals surface area contributed by atoms with Gasteiger partial charge in [-0.15, -0.1) is 0 Å². The minimum Gasteiger partial charge on any atom is -0.482 e. The number of aliphatic hydroxyl groups is 1. The molecule has 0 saturated carbocycles. The van der Waals surface area contributed by atoms with E-state index < -0.39 is 24.3 Å². The molecule has 0 bridgehead atoms. The quantitative estimate of drug-likeness (QED) is 0.840. The normalized spacial score (nSPS) is 14.0. The van der Waals surface area contributed by atoms with Crippen molar-refractivity contribution in [3.05, 3.63) is 48.2 Å². The average molecular weight is 344 g/mol. The molecule has 1 unspecified atom stereocenters. The minimum absolute atomic E-state index is 0.228. The minimum atomic E-state index is -4.54. The molecule has 2 aromatic heterocycles. The number of hydrogen-bond acceptors (Lipinski definition) is 5. The first-order valence-electron chi connectivity index (χ1n) is 6.88. The lowest BCUT2D eigenvalue weighted by Gasteiger charge is -2.21. The van der Waals surface area contributed by atoms with Gasteiger partial charge in [-0.05, 0) is 31.2 Å². The topological polar surface area (TPSA) is 84.6 Å². The Balaban J connectivity index is 2.05. The van der Waals surface area contributed by atoms with Crippen molar-refractivity contribution in [3.63, 3.8) is 0 Å². The summed E-state index contributed by atoms with van der Waals surface area (Å²) in [5, 5.41) is 12.6. The Labute approximate surface area is 135 Å². The summed E-state index contributed by atoms with van der Waals surface area (Å²) < 4.78 is 46.4. The molecule has 2 rings (SSSR count). The van der Waals surface area contributed by atoms with Gasteiger partial charge in [0.15, 0.2) is 18.1 Å². The number of carbonyl (C=O) groups excluding carboxylic acids is 1. The Hall–Kier alpha value is -2.55. The van der Waals surface area contributed by atoms with Crippen LogP contribution in [0, 0.1) is 0 Å². The molecule has 130 valence electrons. The zero-order valence-electron chi connectivity index (χ0n) is 12.6. The number of rotatable bonds is 6. The predicted molar refractivity (Wildman–Crippen MR) is 76.4 cm³/mol. The maximum absolute atomic E-state index is 12.2. The summed E-state index contributed by atoms with van der Waals surface area (Å²) in [5.41, 5.74) is -1.79. The first-order chi connectivity index (χ1) is 11.2. The van der Waals surface area contributed by atoms with E-state index in [2.05, 4.69) is 15.0 Å². The van der Waals surface area contributed by atoms with Gasteiger partial charge in [-0.1, -0.05) is 0 Å². The van der Waals surface area contributed by atoms with E-state index in [0.717, 1.165) is 0 Å². The largest absolute Gasteiger partial charge is 0.482 e. The number of amides is 1. The van der Waals surface area contributed by atoms with Gasteiger partial charge in [0, 0.05) is 6.20 Å². The van der Waals surface area contributed by atoms with E-state index in [0.29, 0.717) is 0 Å². The number of alkyl halides is 3. The monoisotopic (exact) mass is 344 g/mol. The molecule has 0 aliphatic heterocycles. The number of hydrogen-bond donors (Lipinski definition) is 2. The van der Waals surface area contributed by atoms with Crippen molar-refractivity contribution in [2.45, 2.75) is 18.7 Å². The van der Waals surface area contributed by atoms with Crippen LogP contribution in [0.15, 0.2) is 41.1 Å². The molecule has 2 aromatic rings. The van der Waals surface area contributed by atoms with Gasteiger partial charge in [-0.2, -0.15) is 13.2 Å². The number of ether oxygens (including phenoxy) is 1. The standard InChI is InChI=1S/C15H15F3N2O4/c1-14(22,11-5-3-7-23-11)8-20-13(21)12-10(4-2-6-19-12)24-9-15(16,17)18/h2-7,22H,8-9H2,1H3,(H,20,21). The maximum atomic E-state index is 12.2. The maximum Gasteiger partial charge on any atom is 0.422 e. The van der Waals surface area contributed by atoms with Gasteiger partial charge in [0.05, 0.1) is 12.8 Å². The van der Waals surface area contributed by atoms with Crippen molar-refractivity contribution in [2.75, 3.05) is 13.2 Å². The smallest absolute Gasteiger partial charge is 0.422 e. The van der Waals surface area contributed by atoms with Gasteiger partial charge in [0.25, 0.3) is 5.91 Å². The molecular formula is C15H15F3N2O4. The van der Waals surface area contributed by atoms with Gasteiger partial charge in [0.1, 0.15) is 11.4 Å². The molecule has 0 fully saturated rings. The van der Waals surface area contributed by atoms with Crippen LogP contribution in [0.3, 0.4) is 0 Å². The zero-order chi connectivity index (χ0) is 17.8. The van der Waals surface area contributed by atoms with E-state index in [1.54, 1.807) is 6.07 Å². The molecule has 0 spiro atoms. The highest BCUT2D eigenvalue weighted by Crippen LogP contribution is 2.22. The Kier molecular flexibility index (Phi) is 5.13. The fourth-order valence-corrected chi connectivity index (χ4v) is 1.85. The van der Waals surface area contributed by atoms with Crippen molar-refractivity contribution in [2.24, 2.45) is 0 Å². The summed E-state index contributed by atoms with van der Waals surface area (Å²) in [6.45, 7) is -0.344. The van der Waals surface area contributed by atoms with Crippen LogP contribution in [0.2, 0.25) is 0 Å². The highest BCUT2D eigenvalue weighted by atomic mass is 19.4. The Morgan fingerprint density at radius 3 is 2.75 bits per heavy atom. The molecular weight excluding hydrogens is 329 g/mol. The molecule has 6 nitrogen and oxygen atoms in total. The van der Waals surface area contributed by atoms with Crippen molar-refractivity contribution >= 4 is 5.91 Å². The van der Waals surface area contributed by atoms with E-state index in [-0.39, 0.29) is 23.7 Å². The van der Waals surface area contributed by atoms with Crippen LogP contribution < -0.4 is 10.1 Å². The van der Waals surface area contributed by atoms with Crippen LogP contribution in [0.1, 0.15) is 23.2 Å². The van der Waals surface area contributed by atoms with Gasteiger partial charge in [0.2, 0.25) is 0 Å². The molecule has 0 aliphatic rings. The van der Waals surface area contributed by atoms with E-state index in [1.807, 2.05) is 0 Å². The highest BCUT2D eigenvalue weighted by molar-refractivity contribution is 5.94. The average Bonchev–Trinajstić information content (AvgIpc) is 3.05. The van der Waals surface area contributed by atoms with Gasteiger partial charge in [-0.25, -0.2) is 4.98 Å². The lowest BCUT2D eigenvalue weighted by molar-refractivity contribution is -0.153. The van der Waals surface area contributed by atoms with E-state index in [9.17, 15) is 23.1 Å². The number of aromatic nitrogens is 1. The van der Waals surface area contributed by atoms with Crippen LogP contribution in [-0.2, 0) is 5.60 Å². The van der Waals surface area contributed by atoms with E-state index in [1.165, 1.54) is 37.6 Å². The second-order valence-electron chi connectivity index (χ2n) is 5.19. The van der Waals surface area contributed by atoms with Crippen LogP contribution in [0.25, 0.3) is 0 Å². The third kappa shape index (κ3) is 4.72. The Bertz CT molecular complexity index is 684. The van der Waals surface area contributed by atoms with Crippen LogP contribution in [0.5, 0.6) is 5.75 Å². The summed E-state index contributed by atoms with van der Waals surface area (Å²) >= 11 is 0. The molecule has 9 heteroatoms. The number of pyridine rings is 1. The number of furan rings is 1. The van der Waals surface area contributed by atoms with E-state index >= 15 is 0 Å². The fraction of sp³-hybridized carbons (Fsp3) is 0.333. The highest BCUT2D eigenvalue weighted by Gasteiger charge is 2.30. The summed E-state index contributed by atoms with van der Waals surface area (Å²) in [7, 11) is 0. The van der Waals surface area contributed by atoms with Crippen molar-refractivity contribution in [1.82, 2.24) is 10.3 Å². The summed E-state index contributed by atoms with van der Waals surface area (Å²) in [4.78, 5) is 15.9. The molecule has 1 amide bonds. The van der Waals surface area contributed by atoms with Crippen LogP contribution in [-0.4, -0.2) is 35.3 Å². The zero-order valence-corrected chi connectivity index (χ0v) is 12.6. The third-order valence-electron chi connectivity index (χ3n) is 3.02. The molecule has 0 radical (unpaired) electrons. The van der Waals surface area contributed by atoms with Crippen LogP contribution >= 0.6 is 0 Å². The fourth-order valence-electron chi connectivity index (χ4n) is 1.85. The molecule has 24 heavy (non-hydrogen) atoms. The number of halogens is 3. The molecule has 0 aliphatic carbocycles. The number of nitrogens with zero attached hydrogens (tertiary/aromatic N) is 1. The van der Waals surface area contributed by atoms with Gasteiger partial charge < -0.3 is 19.6 Å². The van der Waals surface area contributed by atoms with E-state index in [4.69, 9.17) is 4.42 Å². The lowest BCUT2D eigenvalue weighted by atomic mass is 10.0. The summed E-state index contributed by atoms with van der Waals surface area (Å²) in [6, 6.07) is 5.66. The third-order valence-corrected chi connectivity index (χ3v) is 3.02. The summed E-state index contributed by atoms with van der Waals surface area (Å²) in [6.07, 6.45) is -1.92. The summed E-state index contributed by atoms with van der Waals surface area (Å²) in [5.74, 6) is -0.845. The second kappa shape index (κ2) is 6.91. The molecule has 0 aromatic carbocycles. The predicted octanol–water partition coefficient (Wildman–Crippen LogP) is 2.25. The van der Waals surface area contributed by atoms with Crippen molar-refractivity contribution in [1.29, 1.82) is 0 Å². The van der Waals surface area contributed by atoms with Gasteiger partial charge in [-0.3, -0.25) is 4.79 Å².